The summed E-state index contributed by atoms with van der Waals surface area (Å²) in [6.07, 6.45) is 0.169. The van der Waals surface area contributed by atoms with Crippen LogP contribution in [0, 0.1) is 0 Å². The van der Waals surface area contributed by atoms with Crippen molar-refractivity contribution in [2.75, 3.05) is 38.6 Å². The van der Waals surface area contributed by atoms with E-state index in [0.717, 1.165) is 13.2 Å². The van der Waals surface area contributed by atoms with Crippen molar-refractivity contribution in [3.05, 3.63) is 29.8 Å². The molecule has 0 spiro atoms. The van der Waals surface area contributed by atoms with E-state index in [9.17, 15) is 22.8 Å². The molecule has 0 atom stereocenters. The Morgan fingerprint density at radius 2 is 1.62 bits per heavy atom. The molecule has 15 heteroatoms. The van der Waals surface area contributed by atoms with E-state index in [4.69, 9.17) is 9.47 Å². The topological polar surface area (TPSA) is 166 Å². The number of urea groups is 1. The minimum Gasteiger partial charge on any atom is -0.481 e. The van der Waals surface area contributed by atoms with E-state index >= 15 is 0 Å². The van der Waals surface area contributed by atoms with Gasteiger partial charge in [-0.3, -0.25) is 10.1 Å². The van der Waals surface area contributed by atoms with Gasteiger partial charge in [0.2, 0.25) is 23.6 Å². The van der Waals surface area contributed by atoms with Gasteiger partial charge in [-0.05, 0) is 18.2 Å². The van der Waals surface area contributed by atoms with Crippen LogP contribution in [0.2, 0.25) is 0 Å². The van der Waals surface area contributed by atoms with Crippen LogP contribution in [0.1, 0.15) is 23.7 Å². The largest absolute Gasteiger partial charge is 0.481 e. The van der Waals surface area contributed by atoms with Gasteiger partial charge in [-0.1, -0.05) is 6.92 Å². The zero-order valence-corrected chi connectivity index (χ0v) is 22.3. The van der Waals surface area contributed by atoms with E-state index < -0.39 is 26.9 Å². The quantitative estimate of drug-likeness (QED) is 0.387. The van der Waals surface area contributed by atoms with Crippen molar-refractivity contribution in [2.45, 2.75) is 18.2 Å². The number of hydrogen-bond donors (Lipinski definition) is 2. The normalized spacial score (nSPS) is 10.4. The maximum atomic E-state index is 13.0. The van der Waals surface area contributed by atoms with Gasteiger partial charge in [0.05, 0.1) is 33.0 Å². The molecule has 1 aromatic carbocycles. The Bertz CT molecular complexity index is 1150. The monoisotopic (exact) mass is 504 g/mol. The first-order valence-corrected chi connectivity index (χ1v) is 10.8. The van der Waals surface area contributed by atoms with Gasteiger partial charge in [0.25, 0.3) is 10.0 Å². The molecule has 0 aliphatic rings. The molecular weight excluding hydrogens is 481 g/mol. The average molecular weight is 504 g/mol. The molecule has 2 rings (SSSR count). The number of anilines is 2. The molecule has 1 aromatic heterocycles. The molecule has 0 bridgehead atoms. The minimum atomic E-state index is -4.60. The maximum Gasteiger partial charge on any atom is 0.339 e. The molecule has 13 nitrogen and oxygen atoms in total. The number of benzene rings is 1. The fourth-order valence-corrected chi connectivity index (χ4v) is 3.70. The zero-order valence-electron chi connectivity index (χ0n) is 19.5. The van der Waals surface area contributed by atoms with E-state index in [1.165, 1.54) is 44.4 Å². The number of ether oxygens (including phenoxy) is 3. The molecule has 0 aliphatic heterocycles. The summed E-state index contributed by atoms with van der Waals surface area (Å²) in [6.45, 7) is 1.64. The summed E-state index contributed by atoms with van der Waals surface area (Å²) >= 11 is 0. The van der Waals surface area contributed by atoms with Crippen molar-refractivity contribution in [3.63, 3.8) is 0 Å². The number of carbonyl (C=O) groups excluding carboxylic acids is 3. The predicted octanol–water partition coefficient (Wildman–Crippen LogP) is 0.783. The van der Waals surface area contributed by atoms with Gasteiger partial charge in [-0.15, -0.1) is 0 Å². The van der Waals surface area contributed by atoms with Crippen LogP contribution >= 0.6 is 0 Å². The number of rotatable bonds is 8. The first-order chi connectivity index (χ1) is 15.6. The van der Waals surface area contributed by atoms with Crippen molar-refractivity contribution < 1.29 is 37.0 Å². The van der Waals surface area contributed by atoms with Crippen LogP contribution in [0.5, 0.6) is 11.8 Å². The third-order valence-corrected chi connectivity index (χ3v) is 5.64. The summed E-state index contributed by atoms with van der Waals surface area (Å²) in [5, 5.41) is 2.15. The molecule has 2 N–H and O–H groups in total. The van der Waals surface area contributed by atoms with E-state index in [0.29, 0.717) is 0 Å². The molecule has 0 unspecified atom stereocenters. The predicted molar refractivity (Wildman–Crippen MR) is 122 cm³/mol. The van der Waals surface area contributed by atoms with Gasteiger partial charge in [-0.2, -0.15) is 9.97 Å². The Morgan fingerprint density at radius 3 is 2.12 bits per heavy atom. The second kappa shape index (κ2) is 12.5. The van der Waals surface area contributed by atoms with Gasteiger partial charge >= 0.3 is 12.0 Å². The second-order valence-electron chi connectivity index (χ2n) is 6.31. The number of aromatic nitrogens is 2. The van der Waals surface area contributed by atoms with Gasteiger partial charge in [-0.25, -0.2) is 22.7 Å². The first kappa shape index (κ1) is 29.1. The number of nitrogens with zero attached hydrogens (tertiary/aromatic N) is 3. The van der Waals surface area contributed by atoms with Gasteiger partial charge in [0, 0.05) is 48.7 Å². The van der Waals surface area contributed by atoms with Crippen LogP contribution in [0.4, 0.5) is 16.4 Å². The van der Waals surface area contributed by atoms with Gasteiger partial charge in [0.1, 0.15) is 4.90 Å². The Hall–Kier alpha value is -2.94. The van der Waals surface area contributed by atoms with E-state index in [1.807, 2.05) is 0 Å². The average Bonchev–Trinajstić information content (AvgIpc) is 2.81. The molecule has 2 aromatic rings. The smallest absolute Gasteiger partial charge is 0.339 e. The summed E-state index contributed by atoms with van der Waals surface area (Å²) in [4.78, 5) is 44.9. The van der Waals surface area contributed by atoms with Crippen molar-refractivity contribution in [1.82, 2.24) is 14.7 Å². The van der Waals surface area contributed by atoms with Crippen LogP contribution in [0.3, 0.4) is 0 Å². The SMILES string of the molecule is CCC(=O)N(C)c1ccc(C(=O)OC)c(S(=O)(=O)NC(=O)Nc2nc(OC)cc(OC)n2)c1.[Na]. The summed E-state index contributed by atoms with van der Waals surface area (Å²) in [6, 6.07) is 3.78. The molecule has 0 saturated carbocycles. The molecule has 1 radical (unpaired) electrons. The zero-order chi connectivity index (χ0) is 24.8. The Labute approximate surface area is 218 Å². The number of hydrogen-bond acceptors (Lipinski definition) is 10. The molecular formula is C19H23N5NaO8S. The summed E-state index contributed by atoms with van der Waals surface area (Å²) in [5.74, 6) is -1.42. The molecule has 1 heterocycles. The van der Waals surface area contributed by atoms with Crippen molar-refractivity contribution in [1.29, 1.82) is 0 Å². The van der Waals surface area contributed by atoms with Crippen LogP contribution in [-0.2, 0) is 19.6 Å². The number of sulfonamides is 1. The molecule has 0 aliphatic carbocycles. The summed E-state index contributed by atoms with van der Waals surface area (Å²) < 4.78 is 42.3. The fourth-order valence-electron chi connectivity index (χ4n) is 2.57. The molecule has 3 amide bonds. The van der Waals surface area contributed by atoms with Crippen LogP contribution in [0.15, 0.2) is 29.2 Å². The Morgan fingerprint density at radius 1 is 1.03 bits per heavy atom. The van der Waals surface area contributed by atoms with Crippen molar-refractivity contribution in [3.8, 4) is 11.8 Å². The standard InChI is InChI=1S/C19H23N5O8S.Na/c1-6-16(25)24(2)11-7-8-12(17(26)32-5)13(9-11)33(28,29)23-19(27)22-18-20-14(30-3)10-15(21-18)31-4;/h7-10H,6H2,1-5H3,(H2,20,21,22,23,27);. The van der Waals surface area contributed by atoms with Crippen molar-refractivity contribution >= 4 is 69.1 Å². The fraction of sp³-hybridized carbons (Fsp3) is 0.316. The van der Waals surface area contributed by atoms with Gasteiger partial charge < -0.3 is 19.1 Å². The summed E-state index contributed by atoms with van der Waals surface area (Å²) in [5.41, 5.74) is -0.144. The van der Waals surface area contributed by atoms with Gasteiger partial charge in [0.15, 0.2) is 0 Å². The molecule has 0 saturated heterocycles. The van der Waals surface area contributed by atoms with Crippen LogP contribution in [0.25, 0.3) is 0 Å². The number of nitrogens with one attached hydrogen (secondary N) is 2. The van der Waals surface area contributed by atoms with Crippen LogP contribution < -0.4 is 24.4 Å². The third kappa shape index (κ3) is 7.03. The first-order valence-electron chi connectivity index (χ1n) is 9.36. The summed E-state index contributed by atoms with van der Waals surface area (Å²) in [7, 11) is 0.582. The number of carbonyl (C=O) groups is 3. The number of esters is 1. The molecule has 0 fully saturated rings. The maximum absolute atomic E-state index is 13.0. The van der Waals surface area contributed by atoms with E-state index in [-0.39, 0.29) is 70.8 Å². The second-order valence-corrected chi connectivity index (χ2v) is 7.97. The van der Waals surface area contributed by atoms with Crippen LogP contribution in [-0.4, -0.2) is 94.2 Å². The Kier molecular flexibility index (Phi) is 10.7. The number of methoxy groups -OCH3 is 3. The molecule has 179 valence electrons. The number of amides is 3. The minimum absolute atomic E-state index is 0. The Balaban J connectivity index is 0.00000578. The third-order valence-electron chi connectivity index (χ3n) is 4.27. The molecule has 34 heavy (non-hydrogen) atoms. The van der Waals surface area contributed by atoms with Crippen molar-refractivity contribution in [2.24, 2.45) is 0 Å². The van der Waals surface area contributed by atoms with E-state index in [1.54, 1.807) is 11.6 Å². The van der Waals surface area contributed by atoms with E-state index in [2.05, 4.69) is 20.0 Å².